The van der Waals surface area contributed by atoms with Gasteiger partial charge in [0.1, 0.15) is 10.9 Å². The molecule has 0 spiro atoms. The number of carbonyl (C=O) groups excluding carboxylic acids is 1. The molecule has 2 aromatic rings. The molecule has 7 heteroatoms. The molecule has 0 saturated heterocycles. The smallest absolute Gasteiger partial charge is 0.264 e. The van der Waals surface area contributed by atoms with Crippen LogP contribution < -0.4 is 15.8 Å². The highest BCUT2D eigenvalue weighted by molar-refractivity contribution is 6.29. The number of amides is 1. The van der Waals surface area contributed by atoms with Gasteiger partial charge in [0.05, 0.1) is 5.69 Å². The number of hydrogen-bond acceptors (Lipinski definition) is 5. The lowest BCUT2D eigenvalue weighted by Crippen LogP contribution is -2.21. The summed E-state index contributed by atoms with van der Waals surface area (Å²) >= 11 is 5.67. The molecule has 1 aromatic carbocycles. The molecule has 1 aromatic heterocycles. The van der Waals surface area contributed by atoms with Crippen LogP contribution in [0.2, 0.25) is 5.15 Å². The summed E-state index contributed by atoms with van der Waals surface area (Å²) in [5.74, 6) is 0.178. The summed E-state index contributed by atoms with van der Waals surface area (Å²) in [6.45, 7) is -0.190. The standard InChI is InChI=1S/C12H11ClN4O2/c13-10-5-6-15-12(16-10)17-11(18)7-19-9-4-2-1-3-8(9)14/h1-6H,7,14H2,(H,15,16,17,18). The Hall–Kier alpha value is -2.34. The predicted molar refractivity (Wildman–Crippen MR) is 72.0 cm³/mol. The van der Waals surface area contributed by atoms with Gasteiger partial charge in [0.25, 0.3) is 5.91 Å². The van der Waals surface area contributed by atoms with E-state index >= 15 is 0 Å². The summed E-state index contributed by atoms with van der Waals surface area (Å²) in [5.41, 5.74) is 6.15. The number of hydrogen-bond donors (Lipinski definition) is 2. The van der Waals surface area contributed by atoms with E-state index in [1.54, 1.807) is 24.3 Å². The van der Waals surface area contributed by atoms with Crippen LogP contribution in [0.15, 0.2) is 36.5 Å². The predicted octanol–water partition coefficient (Wildman–Crippen LogP) is 1.73. The van der Waals surface area contributed by atoms with Crippen molar-refractivity contribution in [3.8, 4) is 5.75 Å². The summed E-state index contributed by atoms with van der Waals surface area (Å²) in [4.78, 5) is 19.3. The maximum absolute atomic E-state index is 11.6. The number of halogens is 1. The first kappa shape index (κ1) is 13.1. The van der Waals surface area contributed by atoms with Crippen molar-refractivity contribution < 1.29 is 9.53 Å². The van der Waals surface area contributed by atoms with Crippen molar-refractivity contribution in [1.29, 1.82) is 0 Å². The van der Waals surface area contributed by atoms with E-state index in [0.29, 0.717) is 11.4 Å². The first-order valence-electron chi connectivity index (χ1n) is 5.41. The first-order valence-corrected chi connectivity index (χ1v) is 5.78. The van der Waals surface area contributed by atoms with Gasteiger partial charge in [-0.25, -0.2) is 9.97 Å². The number of para-hydroxylation sites is 2. The minimum absolute atomic E-state index is 0.127. The third-order valence-corrected chi connectivity index (χ3v) is 2.36. The summed E-state index contributed by atoms with van der Waals surface area (Å²) in [5, 5.41) is 2.71. The van der Waals surface area contributed by atoms with Crippen molar-refractivity contribution >= 4 is 29.1 Å². The summed E-state index contributed by atoms with van der Waals surface area (Å²) < 4.78 is 5.28. The number of nitrogens with two attached hydrogens (primary N) is 1. The Kier molecular flexibility index (Phi) is 4.15. The van der Waals surface area contributed by atoms with E-state index in [4.69, 9.17) is 22.1 Å². The fourth-order valence-corrected chi connectivity index (χ4v) is 1.45. The van der Waals surface area contributed by atoms with Crippen LogP contribution in [-0.2, 0) is 4.79 Å². The highest BCUT2D eigenvalue weighted by Gasteiger charge is 2.07. The van der Waals surface area contributed by atoms with Gasteiger partial charge in [-0.05, 0) is 18.2 Å². The molecule has 98 valence electrons. The second-order valence-electron chi connectivity index (χ2n) is 3.58. The minimum Gasteiger partial charge on any atom is -0.482 e. The van der Waals surface area contributed by atoms with Crippen LogP contribution in [0.1, 0.15) is 0 Å². The number of benzene rings is 1. The van der Waals surface area contributed by atoms with Crippen LogP contribution in [0, 0.1) is 0 Å². The SMILES string of the molecule is Nc1ccccc1OCC(=O)Nc1nccc(Cl)n1. The Balaban J connectivity index is 1.90. The normalized spacial score (nSPS) is 9.95. The van der Waals surface area contributed by atoms with Gasteiger partial charge in [0, 0.05) is 6.20 Å². The quantitative estimate of drug-likeness (QED) is 0.656. The van der Waals surface area contributed by atoms with Crippen LogP contribution in [-0.4, -0.2) is 22.5 Å². The summed E-state index contributed by atoms with van der Waals surface area (Å²) in [6, 6.07) is 8.43. The molecule has 19 heavy (non-hydrogen) atoms. The fourth-order valence-electron chi connectivity index (χ4n) is 1.31. The fraction of sp³-hybridized carbons (Fsp3) is 0.0833. The molecule has 0 unspecified atom stereocenters. The van der Waals surface area contributed by atoms with Crippen LogP contribution in [0.5, 0.6) is 5.75 Å². The molecule has 1 amide bonds. The molecule has 0 radical (unpaired) electrons. The van der Waals surface area contributed by atoms with E-state index in [0.717, 1.165) is 0 Å². The monoisotopic (exact) mass is 278 g/mol. The number of rotatable bonds is 4. The molecule has 0 saturated carbocycles. The number of nitrogen functional groups attached to an aromatic ring is 1. The van der Waals surface area contributed by atoms with Crippen molar-refractivity contribution in [2.45, 2.75) is 0 Å². The number of ether oxygens (including phenoxy) is 1. The Bertz CT molecular complexity index is 591. The van der Waals surface area contributed by atoms with Gasteiger partial charge in [-0.2, -0.15) is 0 Å². The van der Waals surface area contributed by atoms with Crippen molar-refractivity contribution in [1.82, 2.24) is 9.97 Å². The lowest BCUT2D eigenvalue weighted by molar-refractivity contribution is -0.118. The van der Waals surface area contributed by atoms with Gasteiger partial charge < -0.3 is 10.5 Å². The van der Waals surface area contributed by atoms with Crippen molar-refractivity contribution in [2.75, 3.05) is 17.7 Å². The first-order chi connectivity index (χ1) is 9.15. The molecule has 0 aliphatic heterocycles. The molecule has 3 N–H and O–H groups in total. The topological polar surface area (TPSA) is 90.1 Å². The summed E-state index contributed by atoms with van der Waals surface area (Å²) in [6.07, 6.45) is 1.45. The van der Waals surface area contributed by atoms with Crippen LogP contribution in [0.4, 0.5) is 11.6 Å². The lowest BCUT2D eigenvalue weighted by Gasteiger charge is -2.08. The number of anilines is 2. The number of carbonyl (C=O) groups is 1. The maximum atomic E-state index is 11.6. The van der Waals surface area contributed by atoms with Crippen LogP contribution in [0.3, 0.4) is 0 Å². The largest absolute Gasteiger partial charge is 0.482 e. The van der Waals surface area contributed by atoms with E-state index in [-0.39, 0.29) is 17.7 Å². The van der Waals surface area contributed by atoms with Gasteiger partial charge in [-0.15, -0.1) is 0 Å². The van der Waals surface area contributed by atoms with Gasteiger partial charge in [0.15, 0.2) is 6.61 Å². The molecular weight excluding hydrogens is 268 g/mol. The van der Waals surface area contributed by atoms with Crippen molar-refractivity contribution in [2.24, 2.45) is 0 Å². The third kappa shape index (κ3) is 3.82. The lowest BCUT2D eigenvalue weighted by atomic mass is 10.3. The van der Waals surface area contributed by atoms with Crippen molar-refractivity contribution in [3.63, 3.8) is 0 Å². The van der Waals surface area contributed by atoms with Crippen LogP contribution in [0.25, 0.3) is 0 Å². The zero-order chi connectivity index (χ0) is 13.7. The Morgan fingerprint density at radius 1 is 1.37 bits per heavy atom. The molecule has 0 bridgehead atoms. The average Bonchev–Trinajstić information content (AvgIpc) is 2.38. The minimum atomic E-state index is -0.398. The van der Waals surface area contributed by atoms with Gasteiger partial charge in [0.2, 0.25) is 5.95 Å². The Morgan fingerprint density at radius 2 is 2.16 bits per heavy atom. The van der Waals surface area contributed by atoms with E-state index in [2.05, 4.69) is 15.3 Å². The van der Waals surface area contributed by atoms with Gasteiger partial charge in [-0.1, -0.05) is 23.7 Å². The number of nitrogens with zero attached hydrogens (tertiary/aromatic N) is 2. The second-order valence-corrected chi connectivity index (χ2v) is 3.96. The van der Waals surface area contributed by atoms with E-state index in [1.165, 1.54) is 12.3 Å². The average molecular weight is 279 g/mol. The molecule has 2 rings (SSSR count). The Morgan fingerprint density at radius 3 is 2.89 bits per heavy atom. The van der Waals surface area contributed by atoms with Gasteiger partial charge in [-0.3, -0.25) is 10.1 Å². The molecular formula is C12H11ClN4O2. The van der Waals surface area contributed by atoms with E-state index in [9.17, 15) is 4.79 Å². The highest BCUT2D eigenvalue weighted by atomic mass is 35.5. The Labute approximate surface area is 114 Å². The van der Waals surface area contributed by atoms with Gasteiger partial charge >= 0.3 is 0 Å². The zero-order valence-electron chi connectivity index (χ0n) is 9.84. The van der Waals surface area contributed by atoms with E-state index < -0.39 is 5.91 Å². The molecule has 0 atom stereocenters. The number of aromatic nitrogens is 2. The van der Waals surface area contributed by atoms with Crippen LogP contribution >= 0.6 is 11.6 Å². The third-order valence-electron chi connectivity index (χ3n) is 2.15. The molecule has 6 nitrogen and oxygen atoms in total. The molecule has 1 heterocycles. The zero-order valence-corrected chi connectivity index (χ0v) is 10.6. The molecule has 0 aliphatic rings. The highest BCUT2D eigenvalue weighted by Crippen LogP contribution is 2.19. The van der Waals surface area contributed by atoms with E-state index in [1.807, 2.05) is 0 Å². The summed E-state index contributed by atoms with van der Waals surface area (Å²) in [7, 11) is 0. The number of nitrogens with one attached hydrogen (secondary N) is 1. The molecule has 0 fully saturated rings. The molecule has 0 aliphatic carbocycles. The maximum Gasteiger partial charge on any atom is 0.264 e. The second kappa shape index (κ2) is 6.01. The van der Waals surface area contributed by atoms with Crippen molar-refractivity contribution in [3.05, 3.63) is 41.7 Å².